The van der Waals surface area contributed by atoms with Crippen LogP contribution in [0, 0.1) is 0 Å². The van der Waals surface area contributed by atoms with Crippen molar-refractivity contribution < 1.29 is 38.4 Å². The Kier molecular flexibility index (Phi) is 8.11. The molecule has 1 aromatic carbocycles. The van der Waals surface area contributed by atoms with Crippen molar-refractivity contribution in [3.05, 3.63) is 52.7 Å². The number of hydrogen-bond acceptors (Lipinski definition) is 9. The normalized spacial score (nSPS) is 16.2. The minimum absolute atomic E-state index is 0.167. The van der Waals surface area contributed by atoms with Crippen LogP contribution in [0.4, 0.5) is 9.59 Å². The van der Waals surface area contributed by atoms with Crippen molar-refractivity contribution in [3.8, 4) is 5.75 Å². The van der Waals surface area contributed by atoms with Crippen LogP contribution in [0.1, 0.15) is 39.2 Å². The number of benzene rings is 1. The molecule has 0 fully saturated rings. The highest BCUT2D eigenvalue weighted by molar-refractivity contribution is 5.65. The number of carbonyl (C=O) groups is 2. The first kappa shape index (κ1) is 23.1. The molecular formula is C21H27NO8. The Morgan fingerprint density at radius 3 is 2.23 bits per heavy atom. The van der Waals surface area contributed by atoms with Crippen LogP contribution in [0.25, 0.3) is 0 Å². The van der Waals surface area contributed by atoms with Crippen molar-refractivity contribution in [2.45, 2.75) is 39.7 Å². The lowest BCUT2D eigenvalue weighted by atomic mass is 9.90. The average Bonchev–Trinajstić information content (AvgIpc) is 2.69. The molecule has 0 amide bonds. The lowest BCUT2D eigenvalue weighted by Gasteiger charge is -2.31. The van der Waals surface area contributed by atoms with Crippen LogP contribution in [0.5, 0.6) is 5.75 Å². The van der Waals surface area contributed by atoms with Gasteiger partial charge >= 0.3 is 12.3 Å². The fraction of sp³-hybridized carbons (Fsp3) is 0.429. The van der Waals surface area contributed by atoms with Crippen LogP contribution < -0.4 is 10.1 Å². The van der Waals surface area contributed by atoms with E-state index < -0.39 is 18.2 Å². The van der Waals surface area contributed by atoms with E-state index in [9.17, 15) is 9.59 Å². The van der Waals surface area contributed by atoms with E-state index in [-0.39, 0.29) is 30.8 Å². The molecule has 0 bridgehead atoms. The van der Waals surface area contributed by atoms with Gasteiger partial charge in [-0.2, -0.15) is 0 Å². The number of ether oxygens (including phenoxy) is 5. The van der Waals surface area contributed by atoms with E-state index in [4.69, 9.17) is 28.8 Å². The Morgan fingerprint density at radius 2 is 1.67 bits per heavy atom. The van der Waals surface area contributed by atoms with Gasteiger partial charge in [-0.05, 0) is 33.8 Å². The van der Waals surface area contributed by atoms with Crippen LogP contribution in [0.2, 0.25) is 0 Å². The minimum Gasteiger partial charge on any atom is -0.496 e. The predicted molar refractivity (Wildman–Crippen MR) is 106 cm³/mol. The first-order chi connectivity index (χ1) is 14.3. The molecule has 0 spiro atoms. The molecule has 0 saturated heterocycles. The molecule has 0 aromatic heterocycles. The number of rotatable bonds is 7. The number of aliphatic hydroxyl groups is 1. The van der Waals surface area contributed by atoms with Crippen LogP contribution in [0.3, 0.4) is 0 Å². The third-order valence-electron chi connectivity index (χ3n) is 4.12. The summed E-state index contributed by atoms with van der Waals surface area (Å²) >= 11 is 0. The first-order valence-electron chi connectivity index (χ1n) is 9.43. The average molecular weight is 421 g/mol. The van der Waals surface area contributed by atoms with Crippen molar-refractivity contribution in [2.75, 3.05) is 20.3 Å². The van der Waals surface area contributed by atoms with Gasteiger partial charge in [-0.15, -0.1) is 0 Å². The number of carbonyl (C=O) groups excluding carboxylic acids is 2. The summed E-state index contributed by atoms with van der Waals surface area (Å²) in [5.74, 6) is 0.0815. The Labute approximate surface area is 175 Å². The molecule has 164 valence electrons. The minimum atomic E-state index is -0.997. The van der Waals surface area contributed by atoms with Crippen molar-refractivity contribution in [3.63, 3.8) is 0 Å². The van der Waals surface area contributed by atoms with Crippen LogP contribution in [-0.2, 0) is 18.9 Å². The number of aliphatic hydroxyl groups excluding tert-OH is 1. The highest BCUT2D eigenvalue weighted by Gasteiger charge is 2.37. The van der Waals surface area contributed by atoms with E-state index in [1.807, 2.05) is 0 Å². The van der Waals surface area contributed by atoms with Gasteiger partial charge in [0.15, 0.2) is 0 Å². The zero-order chi connectivity index (χ0) is 22.3. The van der Waals surface area contributed by atoms with Gasteiger partial charge in [0, 0.05) is 5.56 Å². The van der Waals surface area contributed by atoms with Crippen molar-refractivity contribution in [1.29, 1.82) is 0 Å². The second-order valence-corrected chi connectivity index (χ2v) is 6.72. The molecule has 9 nitrogen and oxygen atoms in total. The molecule has 9 heteroatoms. The number of dihydropyridines is 1. The van der Waals surface area contributed by atoms with E-state index in [2.05, 4.69) is 5.32 Å². The molecule has 1 aliphatic heterocycles. The maximum Gasteiger partial charge on any atom is 0.513 e. The standard InChI is InChI=1S/C21H27NO8/c1-12(2)28-21(25)30-19-14(4)22-13(3)18(29-20(24)27-11-10-23)17(19)15-8-6-7-9-16(15)26-5/h6-9,12,17,22-23H,10-11H2,1-5H3. The third-order valence-corrected chi connectivity index (χ3v) is 4.12. The topological polar surface area (TPSA) is 113 Å². The highest BCUT2D eigenvalue weighted by atomic mass is 16.7. The summed E-state index contributed by atoms with van der Waals surface area (Å²) in [6.45, 7) is 6.30. The van der Waals surface area contributed by atoms with Crippen LogP contribution >= 0.6 is 0 Å². The summed E-state index contributed by atoms with van der Waals surface area (Å²) in [6, 6.07) is 7.10. The Balaban J connectivity index is 2.50. The summed E-state index contributed by atoms with van der Waals surface area (Å²) in [4.78, 5) is 24.3. The van der Waals surface area contributed by atoms with Gasteiger partial charge in [-0.25, -0.2) is 9.59 Å². The summed E-state index contributed by atoms with van der Waals surface area (Å²) in [6.07, 6.45) is -2.26. The Morgan fingerprint density at radius 1 is 1.07 bits per heavy atom. The van der Waals surface area contributed by atoms with E-state index >= 15 is 0 Å². The van der Waals surface area contributed by atoms with Crippen molar-refractivity contribution >= 4 is 12.3 Å². The van der Waals surface area contributed by atoms with Crippen molar-refractivity contribution in [1.82, 2.24) is 5.32 Å². The van der Waals surface area contributed by atoms with Gasteiger partial charge in [0.1, 0.15) is 29.8 Å². The maximum atomic E-state index is 12.2. The summed E-state index contributed by atoms with van der Waals surface area (Å²) in [7, 11) is 1.51. The second-order valence-electron chi connectivity index (χ2n) is 6.72. The van der Waals surface area contributed by atoms with E-state index in [0.717, 1.165) is 0 Å². The fourth-order valence-electron chi connectivity index (χ4n) is 2.97. The highest BCUT2D eigenvalue weighted by Crippen LogP contribution is 2.42. The molecule has 1 atom stereocenters. The molecule has 1 unspecified atom stereocenters. The number of methoxy groups -OCH3 is 1. The lowest BCUT2D eigenvalue weighted by molar-refractivity contribution is 0.0431. The molecule has 1 heterocycles. The molecule has 0 saturated carbocycles. The number of nitrogens with one attached hydrogen (secondary N) is 1. The molecule has 0 aliphatic carbocycles. The molecule has 2 rings (SSSR count). The van der Waals surface area contributed by atoms with Gasteiger partial charge in [-0.3, -0.25) is 0 Å². The number of hydrogen-bond donors (Lipinski definition) is 2. The zero-order valence-electron chi connectivity index (χ0n) is 17.7. The van der Waals surface area contributed by atoms with Crippen molar-refractivity contribution in [2.24, 2.45) is 0 Å². The van der Waals surface area contributed by atoms with Crippen LogP contribution in [-0.4, -0.2) is 43.8 Å². The predicted octanol–water partition coefficient (Wildman–Crippen LogP) is 3.55. The fourth-order valence-corrected chi connectivity index (χ4v) is 2.97. The third kappa shape index (κ3) is 5.66. The number of para-hydroxylation sites is 1. The molecule has 0 radical (unpaired) electrons. The van der Waals surface area contributed by atoms with E-state index in [1.165, 1.54) is 7.11 Å². The zero-order valence-corrected chi connectivity index (χ0v) is 17.7. The molecule has 30 heavy (non-hydrogen) atoms. The monoisotopic (exact) mass is 421 g/mol. The maximum absolute atomic E-state index is 12.2. The van der Waals surface area contributed by atoms with E-state index in [1.54, 1.807) is 52.0 Å². The quantitative estimate of drug-likeness (QED) is 0.638. The summed E-state index contributed by atoms with van der Waals surface area (Å²) in [5, 5.41) is 11.9. The largest absolute Gasteiger partial charge is 0.513 e. The van der Waals surface area contributed by atoms with E-state index in [0.29, 0.717) is 22.7 Å². The summed E-state index contributed by atoms with van der Waals surface area (Å²) < 4.78 is 26.3. The molecular weight excluding hydrogens is 394 g/mol. The SMILES string of the molecule is COc1ccccc1C1C(OC(=O)OCCO)=C(C)NC(C)=C1OC(=O)OC(C)C. The molecule has 2 N–H and O–H groups in total. The Bertz CT molecular complexity index is 843. The van der Waals surface area contributed by atoms with Gasteiger partial charge in [-0.1, -0.05) is 18.2 Å². The summed E-state index contributed by atoms with van der Waals surface area (Å²) in [5.41, 5.74) is 1.67. The first-order valence-corrected chi connectivity index (χ1v) is 9.43. The molecule has 1 aromatic rings. The van der Waals surface area contributed by atoms with Crippen LogP contribution in [0.15, 0.2) is 47.2 Å². The Hall–Kier alpha value is -3.20. The smallest absolute Gasteiger partial charge is 0.496 e. The lowest BCUT2D eigenvalue weighted by Crippen LogP contribution is -2.30. The molecule has 1 aliphatic rings. The van der Waals surface area contributed by atoms with Gasteiger partial charge < -0.3 is 34.1 Å². The van der Waals surface area contributed by atoms with Gasteiger partial charge in [0.05, 0.1) is 31.2 Å². The second kappa shape index (κ2) is 10.5. The van der Waals surface area contributed by atoms with Gasteiger partial charge in [0.25, 0.3) is 0 Å². The van der Waals surface area contributed by atoms with Gasteiger partial charge in [0.2, 0.25) is 0 Å². The number of allylic oxidation sites excluding steroid dienone is 2.